The van der Waals surface area contributed by atoms with E-state index < -0.39 is 6.17 Å². The Morgan fingerprint density at radius 1 is 1.11 bits per heavy atom. The van der Waals surface area contributed by atoms with Gasteiger partial charge in [-0.05, 0) is 43.2 Å². The fourth-order valence-corrected chi connectivity index (χ4v) is 5.20. The van der Waals surface area contributed by atoms with Gasteiger partial charge in [-0.15, -0.1) is 5.10 Å². The van der Waals surface area contributed by atoms with Crippen molar-refractivity contribution in [3.05, 3.63) is 81.5 Å². The largest absolute Gasteiger partial charge is 0.457 e. The predicted molar refractivity (Wildman–Crippen MR) is 141 cm³/mol. The molecule has 0 spiro atoms. The molecule has 35 heavy (non-hydrogen) atoms. The average molecular weight is 507 g/mol. The number of amides is 1. The molecular weight excluding hydrogens is 480 g/mol. The standard InChI is InChI=1S/C27H27ClN4O2S/c1-3-4-5-8-15-35-27-30-26(33)24-19-9-6-7-10-21(19)29-25(32(24)31-27)23-14-13-22(34-23)18-12-11-17(2)20(28)16-18/h6-7,9-14,16,25H,3-5,8,15H2,1-2H3,(H,30,31,33)/t25-/m0/s1. The van der Waals surface area contributed by atoms with E-state index in [4.69, 9.17) is 26.1 Å². The molecule has 1 N–H and O–H groups in total. The topological polar surface area (TPSA) is 70.2 Å². The first-order chi connectivity index (χ1) is 17.0. The van der Waals surface area contributed by atoms with Gasteiger partial charge in [-0.1, -0.05) is 79.9 Å². The molecule has 3 aromatic rings. The van der Waals surface area contributed by atoms with Crippen molar-refractivity contribution in [2.24, 2.45) is 10.1 Å². The lowest BCUT2D eigenvalue weighted by atomic mass is 10.1. The summed E-state index contributed by atoms with van der Waals surface area (Å²) in [6.45, 7) is 4.16. The summed E-state index contributed by atoms with van der Waals surface area (Å²) in [6.07, 6.45) is 4.08. The first-order valence-corrected chi connectivity index (χ1v) is 13.3. The number of unbranched alkanes of at least 4 members (excludes halogenated alkanes) is 3. The van der Waals surface area contributed by atoms with Gasteiger partial charge in [-0.3, -0.25) is 10.1 Å². The predicted octanol–water partition coefficient (Wildman–Crippen LogP) is 5.36. The number of thioether (sulfide) groups is 1. The molecule has 0 radical (unpaired) electrons. The van der Waals surface area contributed by atoms with E-state index in [0.717, 1.165) is 33.9 Å². The number of nitrogens with one attached hydrogen (secondary N) is 1. The number of carbonyl (C=O) groups is 1. The van der Waals surface area contributed by atoms with Crippen molar-refractivity contribution in [3.63, 3.8) is 0 Å². The molecule has 0 saturated heterocycles. The van der Waals surface area contributed by atoms with Crippen molar-refractivity contribution >= 4 is 40.1 Å². The van der Waals surface area contributed by atoms with Gasteiger partial charge in [0.1, 0.15) is 11.5 Å². The molecule has 0 unspecified atom stereocenters. The van der Waals surface area contributed by atoms with E-state index in [1.54, 1.807) is 16.8 Å². The summed E-state index contributed by atoms with van der Waals surface area (Å²) in [4.78, 5) is 18.2. The minimum absolute atomic E-state index is 0.180. The summed E-state index contributed by atoms with van der Waals surface area (Å²) >= 11 is 7.90. The van der Waals surface area contributed by atoms with Crippen molar-refractivity contribution in [3.8, 4) is 11.3 Å². The zero-order valence-electron chi connectivity index (χ0n) is 19.8. The minimum Gasteiger partial charge on any atom is -0.457 e. The molecular formula is C27H27ClN4O2S. The number of carbonyl (C=O) groups excluding carboxylic acids is 1. The Balaban J connectivity index is 1.50. The van der Waals surface area contributed by atoms with Crippen LogP contribution in [0.4, 0.5) is 0 Å². The van der Waals surface area contributed by atoms with Gasteiger partial charge in [0.25, 0.3) is 5.91 Å². The monoisotopic (exact) mass is 506 g/mol. The lowest BCUT2D eigenvalue weighted by molar-refractivity contribution is -0.116. The number of nitrogens with zero attached hydrogens (tertiary/aromatic N) is 3. The van der Waals surface area contributed by atoms with Gasteiger partial charge < -0.3 is 4.42 Å². The molecule has 0 fully saturated rings. The summed E-state index contributed by atoms with van der Waals surface area (Å²) in [6, 6.07) is 17.3. The van der Waals surface area contributed by atoms with Crippen LogP contribution in [0.2, 0.25) is 5.02 Å². The summed E-state index contributed by atoms with van der Waals surface area (Å²) < 4.78 is 6.25. The first kappa shape index (κ1) is 23.7. The maximum absolute atomic E-state index is 13.2. The third-order valence-corrected chi connectivity index (χ3v) is 7.45. The molecule has 1 aromatic heterocycles. The lowest BCUT2D eigenvalue weighted by Crippen LogP contribution is -2.50. The highest BCUT2D eigenvalue weighted by atomic mass is 35.5. The Kier molecular flexibility index (Phi) is 6.97. The summed E-state index contributed by atoms with van der Waals surface area (Å²) in [7, 11) is 0. The molecule has 2 aliphatic rings. The third kappa shape index (κ3) is 4.88. The van der Waals surface area contributed by atoms with Crippen molar-refractivity contribution < 1.29 is 9.21 Å². The number of para-hydroxylation sites is 1. The summed E-state index contributed by atoms with van der Waals surface area (Å²) in [5, 5.41) is 12.2. The Bertz CT molecular complexity index is 1410. The molecule has 0 saturated carbocycles. The Morgan fingerprint density at radius 3 is 2.80 bits per heavy atom. The highest BCUT2D eigenvalue weighted by Gasteiger charge is 2.36. The number of benzene rings is 2. The van der Waals surface area contributed by atoms with Gasteiger partial charge in [-0.25, -0.2) is 10.0 Å². The van der Waals surface area contributed by atoms with Crippen LogP contribution in [-0.4, -0.2) is 21.8 Å². The second-order valence-electron chi connectivity index (χ2n) is 8.65. The Morgan fingerprint density at radius 2 is 1.97 bits per heavy atom. The van der Waals surface area contributed by atoms with E-state index >= 15 is 0 Å². The molecule has 1 amide bonds. The van der Waals surface area contributed by atoms with Gasteiger partial charge in [0, 0.05) is 21.6 Å². The van der Waals surface area contributed by atoms with Gasteiger partial charge in [0.05, 0.1) is 5.36 Å². The fraction of sp³-hybridized carbons (Fsp3) is 0.296. The van der Waals surface area contributed by atoms with E-state index in [-0.39, 0.29) is 5.91 Å². The van der Waals surface area contributed by atoms with Crippen molar-refractivity contribution in [1.82, 2.24) is 10.3 Å². The van der Waals surface area contributed by atoms with E-state index in [1.807, 2.05) is 61.5 Å². The molecule has 5 rings (SSSR count). The van der Waals surface area contributed by atoms with Gasteiger partial charge >= 0.3 is 0 Å². The normalized spacial score (nSPS) is 16.8. The molecule has 8 heteroatoms. The molecule has 3 heterocycles. The van der Waals surface area contributed by atoms with Crippen LogP contribution in [0.3, 0.4) is 0 Å². The minimum atomic E-state index is -0.587. The number of hydrogen-bond acceptors (Lipinski definition) is 6. The van der Waals surface area contributed by atoms with Crippen LogP contribution in [0.15, 0.2) is 69.1 Å². The molecule has 180 valence electrons. The zero-order chi connectivity index (χ0) is 24.4. The molecule has 1 atom stereocenters. The van der Waals surface area contributed by atoms with Crippen LogP contribution >= 0.6 is 23.4 Å². The molecule has 2 aromatic carbocycles. The molecule has 6 nitrogen and oxygen atoms in total. The number of rotatable bonds is 7. The van der Waals surface area contributed by atoms with Crippen molar-refractivity contribution in [2.45, 2.75) is 45.7 Å². The van der Waals surface area contributed by atoms with Gasteiger partial charge in [-0.2, -0.15) is 0 Å². The second-order valence-corrected chi connectivity index (χ2v) is 10.1. The van der Waals surface area contributed by atoms with Crippen LogP contribution in [0.1, 0.15) is 50.1 Å². The Hall–Kier alpha value is -3.03. The van der Waals surface area contributed by atoms with Crippen molar-refractivity contribution in [2.75, 3.05) is 5.75 Å². The van der Waals surface area contributed by atoms with Gasteiger partial charge in [0.15, 0.2) is 10.9 Å². The maximum Gasteiger partial charge on any atom is 0.276 e. The number of halogens is 1. The van der Waals surface area contributed by atoms with E-state index in [9.17, 15) is 4.79 Å². The summed E-state index contributed by atoms with van der Waals surface area (Å²) in [5.41, 5.74) is 2.37. The van der Waals surface area contributed by atoms with E-state index in [0.29, 0.717) is 27.4 Å². The van der Waals surface area contributed by atoms with E-state index in [2.05, 4.69) is 12.2 Å². The van der Waals surface area contributed by atoms with Crippen LogP contribution in [-0.2, 0) is 4.79 Å². The number of furan rings is 1. The van der Waals surface area contributed by atoms with E-state index in [1.165, 1.54) is 19.3 Å². The van der Waals surface area contributed by atoms with Gasteiger partial charge in [0.2, 0.25) is 6.17 Å². The number of hydrogen-bond donors (Lipinski definition) is 1. The SMILES string of the molecule is CCCCCCSC1=NN2C(=c3ccccc3=N[C@@H]2c2ccc(-c3ccc(C)c(Cl)c3)o2)C(=O)N1. The number of aryl methyl sites for hydroxylation is 1. The zero-order valence-corrected chi connectivity index (χ0v) is 21.3. The van der Waals surface area contributed by atoms with Crippen molar-refractivity contribution in [1.29, 1.82) is 0 Å². The van der Waals surface area contributed by atoms with Crippen LogP contribution in [0, 0.1) is 6.92 Å². The number of fused-ring (bicyclic) bond motifs is 2. The third-order valence-electron chi connectivity index (χ3n) is 6.09. The Labute approximate surface area is 213 Å². The summed E-state index contributed by atoms with van der Waals surface area (Å²) in [5.74, 6) is 2.02. The molecule has 2 aliphatic heterocycles. The van der Waals surface area contributed by atoms with Crippen LogP contribution < -0.4 is 15.9 Å². The second kappa shape index (κ2) is 10.3. The first-order valence-electron chi connectivity index (χ1n) is 11.9. The average Bonchev–Trinajstić information content (AvgIpc) is 3.35. The quantitative estimate of drug-likeness (QED) is 0.438. The smallest absolute Gasteiger partial charge is 0.276 e. The molecule has 0 aliphatic carbocycles. The maximum atomic E-state index is 13.2. The lowest BCUT2D eigenvalue weighted by Gasteiger charge is -2.32. The van der Waals surface area contributed by atoms with Crippen LogP contribution in [0.5, 0.6) is 0 Å². The fourth-order valence-electron chi connectivity index (χ4n) is 4.17. The highest BCUT2D eigenvalue weighted by molar-refractivity contribution is 8.13. The van der Waals surface area contributed by atoms with Crippen LogP contribution in [0.25, 0.3) is 17.0 Å². The molecule has 0 bridgehead atoms. The number of amidine groups is 1. The number of hydrazone groups is 1. The highest BCUT2D eigenvalue weighted by Crippen LogP contribution is 2.35.